The van der Waals surface area contributed by atoms with E-state index in [1.54, 1.807) is 7.11 Å². The van der Waals surface area contributed by atoms with E-state index in [1.165, 1.54) is 32.1 Å². The monoisotopic (exact) mass is 363 g/mol. The fourth-order valence-corrected chi connectivity index (χ4v) is 3.31. The highest BCUT2D eigenvalue weighted by molar-refractivity contribution is 7.80. The Morgan fingerprint density at radius 1 is 1.16 bits per heavy atom. The average molecular weight is 364 g/mol. The molecule has 0 spiro atoms. The maximum atomic E-state index is 11.9. The van der Waals surface area contributed by atoms with Crippen molar-refractivity contribution in [1.29, 1.82) is 0 Å². The summed E-state index contributed by atoms with van der Waals surface area (Å²) in [6, 6.07) is 7.75. The Bertz CT molecular complexity index is 542. The van der Waals surface area contributed by atoms with Crippen LogP contribution in [0.2, 0.25) is 0 Å². The van der Waals surface area contributed by atoms with Crippen LogP contribution in [0, 0.1) is 5.92 Å². The standard InChI is InChI=1S/C19H29N3O2S/c1-24-17-12-10-16(11-13-17)14-20-19(25)22-21-18(23)9-5-8-15-6-3-2-4-7-15/h10-13,15H,2-9,14H2,1H3,(H,21,23)(H2,20,22,25). The predicted molar refractivity (Wildman–Crippen MR) is 104 cm³/mol. The molecular formula is C19H29N3O2S. The SMILES string of the molecule is COc1ccc(CNC(=S)NNC(=O)CCCC2CCCCC2)cc1. The zero-order valence-corrected chi connectivity index (χ0v) is 15.8. The molecule has 138 valence electrons. The van der Waals surface area contributed by atoms with E-state index in [2.05, 4.69) is 16.2 Å². The van der Waals surface area contributed by atoms with Crippen LogP contribution in [-0.4, -0.2) is 18.1 Å². The third kappa shape index (κ3) is 7.73. The molecule has 0 radical (unpaired) electrons. The van der Waals surface area contributed by atoms with Crippen LogP contribution in [0.4, 0.5) is 0 Å². The molecule has 0 aromatic heterocycles. The van der Waals surface area contributed by atoms with Crippen molar-refractivity contribution in [3.63, 3.8) is 0 Å². The lowest BCUT2D eigenvalue weighted by Gasteiger charge is -2.21. The van der Waals surface area contributed by atoms with Gasteiger partial charge >= 0.3 is 0 Å². The maximum Gasteiger partial charge on any atom is 0.238 e. The molecule has 25 heavy (non-hydrogen) atoms. The van der Waals surface area contributed by atoms with E-state index in [9.17, 15) is 4.79 Å². The Hall–Kier alpha value is -1.82. The Morgan fingerprint density at radius 2 is 1.88 bits per heavy atom. The highest BCUT2D eigenvalue weighted by Gasteiger charge is 2.13. The van der Waals surface area contributed by atoms with Crippen LogP contribution in [0.1, 0.15) is 56.9 Å². The van der Waals surface area contributed by atoms with Gasteiger partial charge in [-0.25, -0.2) is 0 Å². The molecule has 1 aromatic carbocycles. The number of methoxy groups -OCH3 is 1. The molecule has 0 unspecified atom stereocenters. The summed E-state index contributed by atoms with van der Waals surface area (Å²) in [4.78, 5) is 11.9. The smallest absolute Gasteiger partial charge is 0.238 e. The van der Waals surface area contributed by atoms with Crippen molar-refractivity contribution < 1.29 is 9.53 Å². The lowest BCUT2D eigenvalue weighted by atomic mass is 9.86. The number of carbonyl (C=O) groups excluding carboxylic acids is 1. The summed E-state index contributed by atoms with van der Waals surface area (Å²) in [6.45, 7) is 0.591. The Morgan fingerprint density at radius 3 is 2.56 bits per heavy atom. The molecule has 6 heteroatoms. The summed E-state index contributed by atoms with van der Waals surface area (Å²) in [5, 5.41) is 3.48. The number of benzene rings is 1. The van der Waals surface area contributed by atoms with Crippen molar-refractivity contribution in [2.45, 2.75) is 57.9 Å². The Balaban J connectivity index is 1.54. The van der Waals surface area contributed by atoms with Gasteiger partial charge < -0.3 is 10.1 Å². The number of nitrogens with one attached hydrogen (secondary N) is 3. The van der Waals surface area contributed by atoms with E-state index in [1.807, 2.05) is 24.3 Å². The number of carbonyl (C=O) groups is 1. The third-order valence-corrected chi connectivity index (χ3v) is 4.91. The minimum Gasteiger partial charge on any atom is -0.497 e. The van der Waals surface area contributed by atoms with Crippen LogP contribution in [0.25, 0.3) is 0 Å². The van der Waals surface area contributed by atoms with Crippen molar-refractivity contribution in [2.24, 2.45) is 5.92 Å². The quantitative estimate of drug-likeness (QED) is 0.512. The number of rotatable bonds is 7. The second-order valence-electron chi connectivity index (χ2n) is 6.60. The molecule has 0 heterocycles. The first kappa shape index (κ1) is 19.5. The van der Waals surface area contributed by atoms with Crippen molar-refractivity contribution >= 4 is 23.2 Å². The average Bonchev–Trinajstić information content (AvgIpc) is 2.66. The van der Waals surface area contributed by atoms with E-state index in [-0.39, 0.29) is 5.91 Å². The summed E-state index contributed by atoms with van der Waals surface area (Å²) >= 11 is 5.17. The molecule has 5 nitrogen and oxygen atoms in total. The van der Waals surface area contributed by atoms with Crippen LogP contribution in [0.5, 0.6) is 5.75 Å². The number of hydrogen-bond donors (Lipinski definition) is 3. The molecule has 1 aromatic rings. The molecule has 3 N–H and O–H groups in total. The van der Waals surface area contributed by atoms with Gasteiger partial charge in [-0.05, 0) is 48.7 Å². The molecule has 1 fully saturated rings. The van der Waals surface area contributed by atoms with Gasteiger partial charge in [0.25, 0.3) is 0 Å². The van der Waals surface area contributed by atoms with E-state index < -0.39 is 0 Å². The fourth-order valence-electron chi connectivity index (χ4n) is 3.19. The first-order chi connectivity index (χ1) is 12.2. The Labute approximate surface area is 155 Å². The van der Waals surface area contributed by atoms with Gasteiger partial charge in [0.05, 0.1) is 7.11 Å². The summed E-state index contributed by atoms with van der Waals surface area (Å²) in [5.41, 5.74) is 6.51. The summed E-state index contributed by atoms with van der Waals surface area (Å²) in [7, 11) is 1.64. The first-order valence-electron chi connectivity index (χ1n) is 9.13. The number of thiocarbonyl (C=S) groups is 1. The van der Waals surface area contributed by atoms with Crippen molar-refractivity contribution in [1.82, 2.24) is 16.2 Å². The van der Waals surface area contributed by atoms with Gasteiger partial charge in [0.1, 0.15) is 5.75 Å². The highest BCUT2D eigenvalue weighted by Crippen LogP contribution is 2.27. The molecule has 1 aliphatic rings. The fraction of sp³-hybridized carbons (Fsp3) is 0.579. The van der Waals surface area contributed by atoms with Crippen molar-refractivity contribution in [3.05, 3.63) is 29.8 Å². The van der Waals surface area contributed by atoms with Crippen molar-refractivity contribution in [2.75, 3.05) is 7.11 Å². The lowest BCUT2D eigenvalue weighted by Crippen LogP contribution is -2.46. The molecule has 1 aliphatic carbocycles. The minimum atomic E-state index is -0.00981. The number of ether oxygens (including phenoxy) is 1. The molecule has 1 amide bonds. The van der Waals surface area contributed by atoms with Gasteiger partial charge in [0.2, 0.25) is 5.91 Å². The number of amides is 1. The molecule has 0 aliphatic heterocycles. The molecular weight excluding hydrogens is 334 g/mol. The van der Waals surface area contributed by atoms with E-state index >= 15 is 0 Å². The molecule has 1 saturated carbocycles. The normalized spacial score (nSPS) is 14.6. The van der Waals surface area contributed by atoms with E-state index in [4.69, 9.17) is 17.0 Å². The third-order valence-electron chi connectivity index (χ3n) is 4.67. The zero-order chi connectivity index (χ0) is 17.9. The summed E-state index contributed by atoms with van der Waals surface area (Å²) in [6.07, 6.45) is 9.40. The van der Waals surface area contributed by atoms with Gasteiger partial charge in [0, 0.05) is 13.0 Å². The molecule has 2 rings (SSSR count). The minimum absolute atomic E-state index is 0.00981. The molecule has 0 saturated heterocycles. The van der Waals surface area contributed by atoms with Gasteiger partial charge in [-0.2, -0.15) is 0 Å². The molecule has 0 atom stereocenters. The second-order valence-corrected chi connectivity index (χ2v) is 7.01. The topological polar surface area (TPSA) is 62.4 Å². The van der Waals surface area contributed by atoms with Crippen LogP contribution < -0.4 is 20.9 Å². The van der Waals surface area contributed by atoms with Crippen molar-refractivity contribution in [3.8, 4) is 5.75 Å². The predicted octanol–water partition coefficient (Wildman–Crippen LogP) is 3.44. The zero-order valence-electron chi connectivity index (χ0n) is 15.0. The lowest BCUT2D eigenvalue weighted by molar-refractivity contribution is -0.121. The maximum absolute atomic E-state index is 11.9. The van der Waals surface area contributed by atoms with Crippen LogP contribution >= 0.6 is 12.2 Å². The second kappa shape index (κ2) is 10.9. The first-order valence-corrected chi connectivity index (χ1v) is 9.54. The van der Waals surface area contributed by atoms with Crippen LogP contribution in [-0.2, 0) is 11.3 Å². The molecule has 0 bridgehead atoms. The number of hydrogen-bond acceptors (Lipinski definition) is 3. The summed E-state index contributed by atoms with van der Waals surface area (Å²) in [5.74, 6) is 1.64. The number of hydrazine groups is 1. The van der Waals surface area contributed by atoms with E-state index in [0.29, 0.717) is 18.1 Å². The van der Waals surface area contributed by atoms with Crippen LogP contribution in [0.3, 0.4) is 0 Å². The Kier molecular flexibility index (Phi) is 8.52. The largest absolute Gasteiger partial charge is 0.497 e. The van der Waals surface area contributed by atoms with Gasteiger partial charge in [0.15, 0.2) is 5.11 Å². The van der Waals surface area contributed by atoms with E-state index in [0.717, 1.165) is 30.1 Å². The van der Waals surface area contributed by atoms with Gasteiger partial charge in [-0.3, -0.25) is 15.6 Å². The highest BCUT2D eigenvalue weighted by atomic mass is 32.1. The van der Waals surface area contributed by atoms with Crippen LogP contribution in [0.15, 0.2) is 24.3 Å². The van der Waals surface area contributed by atoms with Gasteiger partial charge in [-0.1, -0.05) is 44.2 Å². The summed E-state index contributed by atoms with van der Waals surface area (Å²) < 4.78 is 5.12. The van der Waals surface area contributed by atoms with Gasteiger partial charge in [-0.15, -0.1) is 0 Å².